The summed E-state index contributed by atoms with van der Waals surface area (Å²) in [6.07, 6.45) is 4.41. The molecule has 0 radical (unpaired) electrons. The van der Waals surface area contributed by atoms with Crippen molar-refractivity contribution in [1.29, 1.82) is 0 Å². The Morgan fingerprint density at radius 1 is 1.09 bits per heavy atom. The highest BCUT2D eigenvalue weighted by Crippen LogP contribution is 2.37. The first-order valence-corrected chi connectivity index (χ1v) is 12.3. The molecule has 6 heteroatoms. The molecule has 33 heavy (non-hydrogen) atoms. The number of nitrogens with one attached hydrogen (secondary N) is 1. The van der Waals surface area contributed by atoms with Crippen LogP contribution in [0.2, 0.25) is 0 Å². The molecule has 5 nitrogen and oxygen atoms in total. The third-order valence-corrected chi connectivity index (χ3v) is 6.97. The van der Waals surface area contributed by atoms with Gasteiger partial charge in [-0.25, -0.2) is 0 Å². The van der Waals surface area contributed by atoms with Gasteiger partial charge in [0, 0.05) is 10.9 Å². The zero-order chi connectivity index (χ0) is 23.2. The van der Waals surface area contributed by atoms with Crippen LogP contribution in [-0.4, -0.2) is 25.0 Å². The van der Waals surface area contributed by atoms with Gasteiger partial charge >= 0.3 is 0 Å². The van der Waals surface area contributed by atoms with Gasteiger partial charge in [-0.2, -0.15) is 0 Å². The minimum Gasteiger partial charge on any atom is -0.495 e. The van der Waals surface area contributed by atoms with Crippen molar-refractivity contribution in [1.82, 2.24) is 5.32 Å². The Labute approximate surface area is 199 Å². The van der Waals surface area contributed by atoms with Crippen LogP contribution in [0, 0.1) is 6.92 Å². The summed E-state index contributed by atoms with van der Waals surface area (Å²) in [4.78, 5) is 30.2. The highest BCUT2D eigenvalue weighted by atomic mass is 32.1. The van der Waals surface area contributed by atoms with Crippen LogP contribution in [0.4, 0.5) is 5.69 Å². The van der Waals surface area contributed by atoms with Gasteiger partial charge in [0.15, 0.2) is 0 Å². The van der Waals surface area contributed by atoms with Gasteiger partial charge in [0.05, 0.1) is 19.2 Å². The SMILES string of the molecule is COc1ccc(C)cc1N(C(=O)Cc1cccs1)[C@@H](C(=O)NC1CCCC1)c1ccccc1. The van der Waals surface area contributed by atoms with Gasteiger partial charge in [-0.05, 0) is 54.5 Å². The molecule has 0 bridgehead atoms. The fourth-order valence-electron chi connectivity index (χ4n) is 4.46. The molecule has 4 rings (SSSR count). The summed E-state index contributed by atoms with van der Waals surface area (Å²) in [5.74, 6) is 0.266. The number of benzene rings is 2. The number of aryl methyl sites for hydroxylation is 1. The first kappa shape index (κ1) is 23.1. The number of carbonyl (C=O) groups excluding carboxylic acids is 2. The Morgan fingerprint density at radius 2 is 1.85 bits per heavy atom. The molecule has 0 spiro atoms. The van der Waals surface area contributed by atoms with Gasteiger partial charge in [0.2, 0.25) is 11.8 Å². The molecule has 1 aromatic heterocycles. The van der Waals surface area contributed by atoms with E-state index in [9.17, 15) is 9.59 Å². The highest BCUT2D eigenvalue weighted by molar-refractivity contribution is 7.10. The number of ether oxygens (including phenoxy) is 1. The standard InChI is InChI=1S/C27H30N2O3S/c1-19-14-15-24(32-2)23(17-19)29(25(30)18-22-13-8-16-33-22)26(20-9-4-3-5-10-20)27(31)28-21-11-6-7-12-21/h3-5,8-10,13-17,21,26H,6-7,11-12,18H2,1-2H3,(H,28,31)/t26-/m1/s1. The molecule has 1 N–H and O–H groups in total. The van der Waals surface area contributed by atoms with Crippen LogP contribution in [-0.2, 0) is 16.0 Å². The molecule has 1 heterocycles. The fourth-order valence-corrected chi connectivity index (χ4v) is 5.15. The molecule has 1 aliphatic rings. The molecule has 1 fully saturated rings. The van der Waals surface area contributed by atoms with E-state index in [4.69, 9.17) is 4.74 Å². The van der Waals surface area contributed by atoms with Crippen LogP contribution >= 0.6 is 11.3 Å². The van der Waals surface area contributed by atoms with E-state index in [2.05, 4.69) is 5.32 Å². The van der Waals surface area contributed by atoms with E-state index in [0.29, 0.717) is 11.4 Å². The van der Waals surface area contributed by atoms with E-state index in [1.54, 1.807) is 12.0 Å². The third-order valence-electron chi connectivity index (χ3n) is 6.09. The average Bonchev–Trinajstić information content (AvgIpc) is 3.52. The van der Waals surface area contributed by atoms with Gasteiger partial charge in [-0.3, -0.25) is 14.5 Å². The fraction of sp³-hybridized carbons (Fsp3) is 0.333. The summed E-state index contributed by atoms with van der Waals surface area (Å²) < 4.78 is 5.64. The Morgan fingerprint density at radius 3 is 2.52 bits per heavy atom. The predicted octanol–water partition coefficient (Wildman–Crippen LogP) is 5.44. The maximum absolute atomic E-state index is 13.8. The predicted molar refractivity (Wildman–Crippen MR) is 133 cm³/mol. The zero-order valence-corrected chi connectivity index (χ0v) is 19.9. The molecule has 0 aliphatic heterocycles. The lowest BCUT2D eigenvalue weighted by molar-refractivity contribution is -0.127. The maximum Gasteiger partial charge on any atom is 0.248 e. The molecule has 2 aromatic carbocycles. The molecular weight excluding hydrogens is 432 g/mol. The highest BCUT2D eigenvalue weighted by Gasteiger charge is 2.35. The lowest BCUT2D eigenvalue weighted by Gasteiger charge is -2.33. The van der Waals surface area contributed by atoms with Crippen molar-refractivity contribution in [3.63, 3.8) is 0 Å². The maximum atomic E-state index is 13.8. The van der Waals surface area contributed by atoms with E-state index >= 15 is 0 Å². The van der Waals surface area contributed by atoms with Crippen LogP contribution in [0.15, 0.2) is 66.0 Å². The molecule has 2 amide bonds. The number of hydrogen-bond donors (Lipinski definition) is 1. The average molecular weight is 463 g/mol. The largest absolute Gasteiger partial charge is 0.495 e. The second-order valence-corrected chi connectivity index (χ2v) is 9.53. The molecule has 1 saturated carbocycles. The number of hydrogen-bond acceptors (Lipinski definition) is 4. The van der Waals surface area contributed by atoms with Crippen molar-refractivity contribution >= 4 is 28.8 Å². The van der Waals surface area contributed by atoms with Crippen LogP contribution in [0.5, 0.6) is 5.75 Å². The molecular formula is C27H30N2O3S. The van der Waals surface area contributed by atoms with Gasteiger partial charge in [-0.1, -0.05) is 55.3 Å². The van der Waals surface area contributed by atoms with Gasteiger partial charge < -0.3 is 10.1 Å². The Hall–Kier alpha value is -3.12. The summed E-state index contributed by atoms with van der Waals surface area (Å²) in [5.41, 5.74) is 2.37. The topological polar surface area (TPSA) is 58.6 Å². The normalized spacial score (nSPS) is 14.6. The van der Waals surface area contributed by atoms with E-state index in [1.807, 2.05) is 73.0 Å². The first-order chi connectivity index (χ1) is 16.1. The van der Waals surface area contributed by atoms with E-state index in [0.717, 1.165) is 41.7 Å². The van der Waals surface area contributed by atoms with E-state index in [1.165, 1.54) is 11.3 Å². The number of anilines is 1. The van der Waals surface area contributed by atoms with Gasteiger partial charge in [0.25, 0.3) is 0 Å². The molecule has 0 unspecified atom stereocenters. The summed E-state index contributed by atoms with van der Waals surface area (Å²) >= 11 is 1.54. The molecule has 172 valence electrons. The van der Waals surface area contributed by atoms with Crippen molar-refractivity contribution in [3.05, 3.63) is 82.0 Å². The number of rotatable bonds is 8. The molecule has 1 atom stereocenters. The minimum absolute atomic E-state index is 0.142. The summed E-state index contributed by atoms with van der Waals surface area (Å²) in [5, 5.41) is 5.18. The summed E-state index contributed by atoms with van der Waals surface area (Å²) in [6, 6.07) is 18.5. The Kier molecular flexibility index (Phi) is 7.45. The molecule has 0 saturated heterocycles. The third kappa shape index (κ3) is 5.45. The smallest absolute Gasteiger partial charge is 0.248 e. The van der Waals surface area contributed by atoms with Crippen molar-refractivity contribution < 1.29 is 14.3 Å². The lowest BCUT2D eigenvalue weighted by atomic mass is 10.0. The minimum atomic E-state index is -0.796. The number of thiophene rings is 1. The monoisotopic (exact) mass is 462 g/mol. The van der Waals surface area contributed by atoms with Crippen LogP contribution in [0.1, 0.15) is 47.7 Å². The van der Waals surface area contributed by atoms with Gasteiger partial charge in [-0.15, -0.1) is 11.3 Å². The quantitative estimate of drug-likeness (QED) is 0.485. The van der Waals surface area contributed by atoms with Crippen molar-refractivity contribution in [2.75, 3.05) is 12.0 Å². The van der Waals surface area contributed by atoms with Crippen LogP contribution < -0.4 is 15.0 Å². The van der Waals surface area contributed by atoms with Crippen LogP contribution in [0.3, 0.4) is 0 Å². The lowest BCUT2D eigenvalue weighted by Crippen LogP contribution is -2.47. The van der Waals surface area contributed by atoms with E-state index < -0.39 is 6.04 Å². The second kappa shape index (κ2) is 10.7. The zero-order valence-electron chi connectivity index (χ0n) is 19.1. The number of nitrogens with zero attached hydrogens (tertiary/aromatic N) is 1. The van der Waals surface area contributed by atoms with Crippen molar-refractivity contribution in [2.45, 2.75) is 51.1 Å². The van der Waals surface area contributed by atoms with E-state index in [-0.39, 0.29) is 24.3 Å². The van der Waals surface area contributed by atoms with Gasteiger partial charge in [0.1, 0.15) is 11.8 Å². The first-order valence-electron chi connectivity index (χ1n) is 11.4. The number of amides is 2. The Balaban J connectivity index is 1.80. The molecule has 3 aromatic rings. The molecule has 1 aliphatic carbocycles. The second-order valence-electron chi connectivity index (χ2n) is 8.50. The summed E-state index contributed by atoms with van der Waals surface area (Å²) in [7, 11) is 1.59. The van der Waals surface area contributed by atoms with Crippen LogP contribution in [0.25, 0.3) is 0 Å². The summed E-state index contributed by atoms with van der Waals surface area (Å²) in [6.45, 7) is 1.97. The number of methoxy groups -OCH3 is 1. The Bertz CT molecular complexity index is 1080. The van der Waals surface area contributed by atoms with Crippen molar-refractivity contribution in [2.24, 2.45) is 0 Å². The van der Waals surface area contributed by atoms with Crippen molar-refractivity contribution in [3.8, 4) is 5.75 Å². The number of carbonyl (C=O) groups is 2.